The Bertz CT molecular complexity index is 353. The van der Waals surface area contributed by atoms with Crippen molar-refractivity contribution in [1.82, 2.24) is 10.2 Å². The minimum absolute atomic E-state index is 0.0452. The first-order valence-corrected chi connectivity index (χ1v) is 8.47. The number of hydrogen-bond donors (Lipinski definition) is 2. The lowest BCUT2D eigenvalue weighted by atomic mass is 9.83. The molecule has 5 nitrogen and oxygen atoms in total. The van der Waals surface area contributed by atoms with Gasteiger partial charge in [-0.15, -0.1) is 0 Å². The van der Waals surface area contributed by atoms with E-state index in [1.807, 2.05) is 4.90 Å². The van der Waals surface area contributed by atoms with Gasteiger partial charge in [-0.2, -0.15) is 0 Å². The average molecular weight is 295 g/mol. The SMILES string of the molecule is NC1CCCCC1CC(=O)NCCC(=O)N1CCCCC1. The molecule has 2 rings (SSSR count). The zero-order chi connectivity index (χ0) is 15.1. The Morgan fingerprint density at radius 3 is 2.48 bits per heavy atom. The van der Waals surface area contributed by atoms with Crippen molar-refractivity contribution in [2.45, 2.75) is 63.8 Å². The second-order valence-corrected chi connectivity index (χ2v) is 6.45. The highest BCUT2D eigenvalue weighted by Crippen LogP contribution is 2.25. The van der Waals surface area contributed by atoms with Crippen molar-refractivity contribution in [3.63, 3.8) is 0 Å². The molecule has 2 atom stereocenters. The molecule has 1 heterocycles. The topological polar surface area (TPSA) is 75.4 Å². The van der Waals surface area contributed by atoms with Gasteiger partial charge in [-0.25, -0.2) is 0 Å². The van der Waals surface area contributed by atoms with Crippen molar-refractivity contribution in [1.29, 1.82) is 0 Å². The number of carbonyl (C=O) groups is 2. The molecule has 0 bridgehead atoms. The first-order valence-electron chi connectivity index (χ1n) is 8.47. The van der Waals surface area contributed by atoms with Crippen LogP contribution in [0.5, 0.6) is 0 Å². The molecule has 1 aliphatic carbocycles. The van der Waals surface area contributed by atoms with E-state index in [1.165, 1.54) is 19.3 Å². The normalized spacial score (nSPS) is 26.4. The quantitative estimate of drug-likeness (QED) is 0.805. The number of likely N-dealkylation sites (tertiary alicyclic amines) is 1. The highest BCUT2D eigenvalue weighted by Gasteiger charge is 2.24. The summed E-state index contributed by atoms with van der Waals surface area (Å²) in [5.41, 5.74) is 6.06. The summed E-state index contributed by atoms with van der Waals surface area (Å²) in [5, 5.41) is 2.88. The van der Waals surface area contributed by atoms with Crippen molar-refractivity contribution < 1.29 is 9.59 Å². The van der Waals surface area contributed by atoms with E-state index in [4.69, 9.17) is 5.73 Å². The van der Waals surface area contributed by atoms with Crippen molar-refractivity contribution in [3.8, 4) is 0 Å². The van der Waals surface area contributed by atoms with Crippen LogP contribution in [0, 0.1) is 5.92 Å². The molecule has 0 spiro atoms. The number of hydrogen-bond acceptors (Lipinski definition) is 3. The molecule has 0 aromatic heterocycles. The summed E-state index contributed by atoms with van der Waals surface area (Å²) in [6.45, 7) is 2.21. The lowest BCUT2D eigenvalue weighted by molar-refractivity contribution is -0.132. The van der Waals surface area contributed by atoms with E-state index in [-0.39, 0.29) is 17.9 Å². The second kappa shape index (κ2) is 8.37. The second-order valence-electron chi connectivity index (χ2n) is 6.45. The molecule has 0 aromatic carbocycles. The third kappa shape index (κ3) is 5.30. The van der Waals surface area contributed by atoms with Crippen LogP contribution in [-0.4, -0.2) is 42.4 Å². The van der Waals surface area contributed by atoms with Gasteiger partial charge < -0.3 is 16.0 Å². The Morgan fingerprint density at radius 1 is 1.05 bits per heavy atom. The molecule has 0 radical (unpaired) electrons. The lowest BCUT2D eigenvalue weighted by Gasteiger charge is -2.28. The molecule has 3 N–H and O–H groups in total. The summed E-state index contributed by atoms with van der Waals surface area (Å²) in [5.74, 6) is 0.532. The highest BCUT2D eigenvalue weighted by atomic mass is 16.2. The molecule has 21 heavy (non-hydrogen) atoms. The maximum atomic E-state index is 12.0. The van der Waals surface area contributed by atoms with Crippen LogP contribution in [0.25, 0.3) is 0 Å². The summed E-state index contributed by atoms with van der Waals surface area (Å²) in [6, 6.07) is 0.166. The van der Waals surface area contributed by atoms with E-state index in [2.05, 4.69) is 5.32 Å². The Balaban J connectivity index is 1.61. The molecule has 2 amide bonds. The standard InChI is InChI=1S/C16H29N3O2/c17-14-7-3-2-6-13(14)12-15(20)18-9-8-16(21)19-10-4-1-5-11-19/h13-14H,1-12,17H2,(H,18,20). The fourth-order valence-electron chi connectivity index (χ4n) is 3.41. The summed E-state index contributed by atoms with van der Waals surface area (Å²) in [4.78, 5) is 25.8. The summed E-state index contributed by atoms with van der Waals surface area (Å²) >= 11 is 0. The van der Waals surface area contributed by atoms with Gasteiger partial charge in [0.05, 0.1) is 0 Å². The van der Waals surface area contributed by atoms with Crippen LogP contribution in [0.1, 0.15) is 57.8 Å². The molecule has 5 heteroatoms. The first kappa shape index (κ1) is 16.3. The molecule has 120 valence electrons. The summed E-state index contributed by atoms with van der Waals surface area (Å²) < 4.78 is 0. The molecule has 2 aliphatic rings. The van der Waals surface area contributed by atoms with Crippen molar-refractivity contribution in [2.24, 2.45) is 11.7 Å². The third-order valence-corrected chi connectivity index (χ3v) is 4.79. The van der Waals surface area contributed by atoms with E-state index in [9.17, 15) is 9.59 Å². The number of amides is 2. The summed E-state index contributed by atoms with van der Waals surface area (Å²) in [6.07, 6.45) is 8.83. The largest absolute Gasteiger partial charge is 0.356 e. The van der Waals surface area contributed by atoms with Gasteiger partial charge in [-0.1, -0.05) is 12.8 Å². The Kier molecular flexibility index (Phi) is 6.49. The van der Waals surface area contributed by atoms with E-state index in [0.29, 0.717) is 25.3 Å². The molecular weight excluding hydrogens is 266 g/mol. The maximum absolute atomic E-state index is 12.0. The predicted octanol–water partition coefficient (Wildman–Crippen LogP) is 1.41. The van der Waals surface area contributed by atoms with Crippen molar-refractivity contribution >= 4 is 11.8 Å². The van der Waals surface area contributed by atoms with Gasteiger partial charge >= 0.3 is 0 Å². The van der Waals surface area contributed by atoms with Gasteiger partial charge in [0.15, 0.2) is 0 Å². The smallest absolute Gasteiger partial charge is 0.224 e. The van der Waals surface area contributed by atoms with Crippen LogP contribution >= 0.6 is 0 Å². The van der Waals surface area contributed by atoms with E-state index < -0.39 is 0 Å². The van der Waals surface area contributed by atoms with Crippen LogP contribution in [-0.2, 0) is 9.59 Å². The van der Waals surface area contributed by atoms with Crippen LogP contribution in [0.2, 0.25) is 0 Å². The molecule has 1 aliphatic heterocycles. The molecule has 2 unspecified atom stereocenters. The van der Waals surface area contributed by atoms with E-state index in [1.54, 1.807) is 0 Å². The van der Waals surface area contributed by atoms with Gasteiger partial charge in [0, 0.05) is 38.5 Å². The number of carbonyl (C=O) groups excluding carboxylic acids is 2. The average Bonchev–Trinajstić information content (AvgIpc) is 2.50. The number of rotatable bonds is 5. The van der Waals surface area contributed by atoms with E-state index >= 15 is 0 Å². The highest BCUT2D eigenvalue weighted by molar-refractivity contribution is 5.79. The number of nitrogens with one attached hydrogen (secondary N) is 1. The van der Waals surface area contributed by atoms with E-state index in [0.717, 1.165) is 38.8 Å². The number of nitrogens with two attached hydrogens (primary N) is 1. The summed E-state index contributed by atoms with van der Waals surface area (Å²) in [7, 11) is 0. The Labute approximate surface area is 127 Å². The first-order chi connectivity index (χ1) is 10.2. The minimum Gasteiger partial charge on any atom is -0.356 e. The van der Waals surface area contributed by atoms with Crippen LogP contribution in [0.3, 0.4) is 0 Å². The van der Waals surface area contributed by atoms with Crippen molar-refractivity contribution in [3.05, 3.63) is 0 Å². The molecule has 1 saturated heterocycles. The van der Waals surface area contributed by atoms with Crippen LogP contribution in [0.4, 0.5) is 0 Å². The Morgan fingerprint density at radius 2 is 1.76 bits per heavy atom. The van der Waals surface area contributed by atoms with Gasteiger partial charge in [-0.05, 0) is 38.0 Å². The van der Waals surface area contributed by atoms with Crippen LogP contribution < -0.4 is 11.1 Å². The molecule has 1 saturated carbocycles. The van der Waals surface area contributed by atoms with Gasteiger partial charge in [0.25, 0.3) is 0 Å². The maximum Gasteiger partial charge on any atom is 0.224 e. The third-order valence-electron chi connectivity index (χ3n) is 4.79. The fraction of sp³-hybridized carbons (Fsp3) is 0.875. The number of nitrogens with zero attached hydrogens (tertiary/aromatic N) is 1. The molecule has 2 fully saturated rings. The predicted molar refractivity (Wildman–Crippen MR) is 82.6 cm³/mol. The zero-order valence-electron chi connectivity index (χ0n) is 13.0. The zero-order valence-corrected chi connectivity index (χ0v) is 13.0. The number of piperidine rings is 1. The molecule has 0 aromatic rings. The minimum atomic E-state index is 0.0452. The van der Waals surface area contributed by atoms with Gasteiger partial charge in [-0.3, -0.25) is 9.59 Å². The monoisotopic (exact) mass is 295 g/mol. The van der Waals surface area contributed by atoms with Crippen molar-refractivity contribution in [2.75, 3.05) is 19.6 Å². The molecular formula is C16H29N3O2. The van der Waals surface area contributed by atoms with Gasteiger partial charge in [0.1, 0.15) is 0 Å². The lowest BCUT2D eigenvalue weighted by Crippen LogP contribution is -2.39. The Hall–Kier alpha value is -1.10. The van der Waals surface area contributed by atoms with Gasteiger partial charge in [0.2, 0.25) is 11.8 Å². The van der Waals surface area contributed by atoms with Crippen LogP contribution in [0.15, 0.2) is 0 Å². The fourth-order valence-corrected chi connectivity index (χ4v) is 3.41.